The Hall–Kier alpha value is -1.19. The summed E-state index contributed by atoms with van der Waals surface area (Å²) in [7, 11) is 0. The maximum atomic E-state index is 11.2. The van der Waals surface area contributed by atoms with E-state index in [9.17, 15) is 4.79 Å². The van der Waals surface area contributed by atoms with Gasteiger partial charge in [0.2, 0.25) is 0 Å². The van der Waals surface area contributed by atoms with Gasteiger partial charge < -0.3 is 9.30 Å². The molecule has 2 rings (SSSR count). The fraction of sp³-hybridized carbons (Fsp3) is 0.438. The van der Waals surface area contributed by atoms with Crippen molar-refractivity contribution >= 4 is 40.1 Å². The van der Waals surface area contributed by atoms with Crippen LogP contribution in [0, 0.1) is 0 Å². The van der Waals surface area contributed by atoms with Gasteiger partial charge in [-0.3, -0.25) is 4.79 Å². The topological polar surface area (TPSA) is 31.2 Å². The van der Waals surface area contributed by atoms with E-state index in [4.69, 9.17) is 27.9 Å². The van der Waals surface area contributed by atoms with Gasteiger partial charge in [0, 0.05) is 29.6 Å². The van der Waals surface area contributed by atoms with E-state index >= 15 is 0 Å². The number of aryl methyl sites for hydroxylation is 1. The molecular weight excluding hydrogens is 309 g/mol. The lowest BCUT2D eigenvalue weighted by Crippen LogP contribution is -2.03. The van der Waals surface area contributed by atoms with Crippen molar-refractivity contribution in [3.8, 4) is 0 Å². The molecular formula is C16H19Cl2NO2. The Kier molecular flexibility index (Phi) is 5.95. The Morgan fingerprint density at radius 3 is 2.81 bits per heavy atom. The largest absolute Gasteiger partial charge is 0.466 e. The summed E-state index contributed by atoms with van der Waals surface area (Å²) < 4.78 is 7.06. The van der Waals surface area contributed by atoms with Crippen LogP contribution in [0.15, 0.2) is 24.4 Å². The Balaban J connectivity index is 1.85. The molecule has 0 radical (unpaired) electrons. The van der Waals surface area contributed by atoms with Crippen molar-refractivity contribution in [1.82, 2.24) is 4.57 Å². The molecule has 0 N–H and O–H groups in total. The van der Waals surface area contributed by atoms with Crippen molar-refractivity contribution in [3.63, 3.8) is 0 Å². The smallest absolute Gasteiger partial charge is 0.305 e. The summed E-state index contributed by atoms with van der Waals surface area (Å²) in [5.74, 6) is -0.109. The van der Waals surface area contributed by atoms with Gasteiger partial charge in [-0.2, -0.15) is 0 Å². The molecule has 0 bridgehead atoms. The third-order valence-electron chi connectivity index (χ3n) is 3.39. The molecule has 0 spiro atoms. The van der Waals surface area contributed by atoms with Gasteiger partial charge in [0.15, 0.2) is 0 Å². The number of hydrogen-bond donors (Lipinski definition) is 0. The monoisotopic (exact) mass is 327 g/mol. The van der Waals surface area contributed by atoms with Crippen LogP contribution < -0.4 is 0 Å². The van der Waals surface area contributed by atoms with Crippen LogP contribution in [-0.4, -0.2) is 17.1 Å². The van der Waals surface area contributed by atoms with Crippen LogP contribution in [0.25, 0.3) is 10.9 Å². The van der Waals surface area contributed by atoms with Crippen molar-refractivity contribution < 1.29 is 9.53 Å². The number of esters is 1. The third-order valence-corrected chi connectivity index (χ3v) is 3.92. The van der Waals surface area contributed by atoms with Crippen molar-refractivity contribution in [2.75, 3.05) is 6.61 Å². The van der Waals surface area contributed by atoms with E-state index in [1.54, 1.807) is 6.07 Å². The highest BCUT2D eigenvalue weighted by Crippen LogP contribution is 2.28. The molecule has 0 atom stereocenters. The number of benzene rings is 1. The lowest BCUT2D eigenvalue weighted by atomic mass is 10.2. The van der Waals surface area contributed by atoms with E-state index in [0.717, 1.165) is 36.7 Å². The number of ether oxygens (including phenoxy) is 1. The minimum Gasteiger partial charge on any atom is -0.466 e. The Bertz CT molecular complexity index is 622. The second-order valence-corrected chi connectivity index (χ2v) is 5.79. The van der Waals surface area contributed by atoms with E-state index in [0.29, 0.717) is 23.1 Å². The Labute approximate surface area is 134 Å². The van der Waals surface area contributed by atoms with Crippen LogP contribution in [0.5, 0.6) is 0 Å². The molecule has 1 aromatic heterocycles. The molecule has 0 fully saturated rings. The van der Waals surface area contributed by atoms with Gasteiger partial charge in [-0.1, -0.05) is 29.6 Å². The van der Waals surface area contributed by atoms with Crippen LogP contribution in [0.4, 0.5) is 0 Å². The molecule has 0 saturated carbocycles. The van der Waals surface area contributed by atoms with Gasteiger partial charge >= 0.3 is 5.97 Å². The first kappa shape index (κ1) is 16.2. The first-order valence-corrected chi connectivity index (χ1v) is 7.97. The van der Waals surface area contributed by atoms with Crippen LogP contribution in [-0.2, 0) is 16.1 Å². The first-order valence-electron chi connectivity index (χ1n) is 7.21. The Morgan fingerprint density at radius 1 is 1.24 bits per heavy atom. The second kappa shape index (κ2) is 7.71. The lowest BCUT2D eigenvalue weighted by molar-refractivity contribution is -0.143. The number of unbranched alkanes of at least 4 members (excludes halogenated alkanes) is 2. The zero-order valence-electron chi connectivity index (χ0n) is 12.1. The van der Waals surface area contributed by atoms with E-state index < -0.39 is 0 Å². The number of carbonyl (C=O) groups is 1. The van der Waals surface area contributed by atoms with E-state index in [1.165, 1.54) is 0 Å². The van der Waals surface area contributed by atoms with Gasteiger partial charge in [-0.05, 0) is 38.0 Å². The zero-order valence-corrected chi connectivity index (χ0v) is 13.6. The third kappa shape index (κ3) is 4.39. The number of carbonyl (C=O) groups excluding carboxylic acids is 1. The molecule has 0 aliphatic carbocycles. The summed E-state index contributed by atoms with van der Waals surface area (Å²) >= 11 is 12.2. The van der Waals surface area contributed by atoms with Gasteiger partial charge in [0.25, 0.3) is 0 Å². The molecule has 114 valence electrons. The minimum absolute atomic E-state index is 0.109. The minimum atomic E-state index is -0.109. The van der Waals surface area contributed by atoms with Crippen molar-refractivity contribution in [2.45, 2.75) is 39.2 Å². The van der Waals surface area contributed by atoms with Crippen LogP contribution in [0.3, 0.4) is 0 Å². The summed E-state index contributed by atoms with van der Waals surface area (Å²) in [6.07, 6.45) is 5.38. The van der Waals surface area contributed by atoms with Gasteiger partial charge in [0.05, 0.1) is 17.1 Å². The summed E-state index contributed by atoms with van der Waals surface area (Å²) in [4.78, 5) is 11.2. The first-order chi connectivity index (χ1) is 10.1. The maximum absolute atomic E-state index is 11.2. The van der Waals surface area contributed by atoms with Crippen LogP contribution in [0.2, 0.25) is 10.0 Å². The van der Waals surface area contributed by atoms with E-state index in [1.807, 2.05) is 25.3 Å². The number of fused-ring (bicyclic) bond motifs is 1. The molecule has 0 unspecified atom stereocenters. The zero-order chi connectivity index (χ0) is 15.2. The molecule has 21 heavy (non-hydrogen) atoms. The van der Waals surface area contributed by atoms with Crippen molar-refractivity contribution in [3.05, 3.63) is 34.4 Å². The van der Waals surface area contributed by atoms with Crippen LogP contribution >= 0.6 is 23.2 Å². The van der Waals surface area contributed by atoms with Crippen LogP contribution in [0.1, 0.15) is 32.6 Å². The molecule has 1 heterocycles. The molecule has 1 aromatic carbocycles. The lowest BCUT2D eigenvalue weighted by Gasteiger charge is -2.06. The van der Waals surface area contributed by atoms with Gasteiger partial charge in [-0.25, -0.2) is 0 Å². The molecule has 3 nitrogen and oxygen atoms in total. The second-order valence-electron chi connectivity index (χ2n) is 4.95. The Morgan fingerprint density at radius 2 is 2.05 bits per heavy atom. The maximum Gasteiger partial charge on any atom is 0.305 e. The standard InChI is InChI=1S/C16H19Cl2NO2/c1-2-21-16(20)6-4-3-5-8-19-9-7-13-14(18)10-12(17)11-15(13)19/h7,9-11H,2-6,8H2,1H3. The average Bonchev–Trinajstić information content (AvgIpc) is 2.82. The number of halogens is 2. The molecule has 0 saturated heterocycles. The van der Waals surface area contributed by atoms with Gasteiger partial charge in [0.1, 0.15) is 0 Å². The number of rotatable bonds is 7. The number of aromatic nitrogens is 1. The van der Waals surface area contributed by atoms with Crippen molar-refractivity contribution in [2.24, 2.45) is 0 Å². The molecule has 0 amide bonds. The summed E-state index contributed by atoms with van der Waals surface area (Å²) in [5.41, 5.74) is 1.05. The quantitative estimate of drug-likeness (QED) is 0.525. The molecule has 5 heteroatoms. The van der Waals surface area contributed by atoms with Crippen molar-refractivity contribution in [1.29, 1.82) is 0 Å². The normalized spacial score (nSPS) is 11.0. The SMILES string of the molecule is CCOC(=O)CCCCCn1ccc2c(Cl)cc(Cl)cc21. The summed E-state index contributed by atoms with van der Waals surface area (Å²) in [5, 5.41) is 2.35. The number of nitrogens with zero attached hydrogens (tertiary/aromatic N) is 1. The fourth-order valence-electron chi connectivity index (χ4n) is 2.38. The van der Waals surface area contributed by atoms with Gasteiger partial charge in [-0.15, -0.1) is 0 Å². The molecule has 0 aliphatic rings. The van der Waals surface area contributed by atoms with E-state index in [-0.39, 0.29) is 5.97 Å². The molecule has 0 aliphatic heterocycles. The predicted octanol–water partition coefficient (Wildman–Crippen LogP) is 5.07. The highest BCUT2D eigenvalue weighted by Gasteiger charge is 2.06. The average molecular weight is 328 g/mol. The van der Waals surface area contributed by atoms with E-state index in [2.05, 4.69) is 4.57 Å². The highest BCUT2D eigenvalue weighted by atomic mass is 35.5. The summed E-state index contributed by atoms with van der Waals surface area (Å²) in [6.45, 7) is 3.17. The highest BCUT2D eigenvalue weighted by molar-refractivity contribution is 6.38. The predicted molar refractivity (Wildman–Crippen MR) is 87.1 cm³/mol. The molecule has 2 aromatic rings. The fourth-order valence-corrected chi connectivity index (χ4v) is 2.92. The number of hydrogen-bond acceptors (Lipinski definition) is 2. The summed E-state index contributed by atoms with van der Waals surface area (Å²) in [6, 6.07) is 5.70.